The Morgan fingerprint density at radius 3 is 2.82 bits per heavy atom. The summed E-state index contributed by atoms with van der Waals surface area (Å²) in [6.45, 7) is 7.61. The maximum absolute atomic E-state index is 4.18. The summed E-state index contributed by atoms with van der Waals surface area (Å²) in [5.74, 6) is 1.06. The second-order valence-corrected chi connectivity index (χ2v) is 4.86. The molecular weight excluding hydrogens is 214 g/mol. The van der Waals surface area contributed by atoms with Crippen LogP contribution in [0.15, 0.2) is 6.33 Å². The van der Waals surface area contributed by atoms with Gasteiger partial charge in [0.15, 0.2) is 0 Å². The average molecular weight is 237 g/mol. The zero-order valence-corrected chi connectivity index (χ0v) is 11.1. The van der Waals surface area contributed by atoms with Gasteiger partial charge in [-0.1, -0.05) is 13.8 Å². The lowest BCUT2D eigenvalue weighted by atomic mass is 10.1. The molecular formula is C12H23N5. The van der Waals surface area contributed by atoms with Crippen LogP contribution in [-0.4, -0.2) is 44.8 Å². The van der Waals surface area contributed by atoms with Crippen LogP contribution in [0, 0.1) is 0 Å². The predicted molar refractivity (Wildman–Crippen MR) is 67.6 cm³/mol. The predicted octanol–water partition coefficient (Wildman–Crippen LogP) is 0.777. The topological polar surface area (TPSA) is 46.0 Å². The normalized spacial score (nSPS) is 26.3. The van der Waals surface area contributed by atoms with Crippen LogP contribution < -0.4 is 5.32 Å². The quantitative estimate of drug-likeness (QED) is 0.840. The van der Waals surface area contributed by atoms with Gasteiger partial charge in [-0.3, -0.25) is 4.90 Å². The van der Waals surface area contributed by atoms with Crippen LogP contribution in [0.4, 0.5) is 0 Å². The van der Waals surface area contributed by atoms with Gasteiger partial charge in [0, 0.05) is 32.2 Å². The van der Waals surface area contributed by atoms with Crippen LogP contribution >= 0.6 is 0 Å². The summed E-state index contributed by atoms with van der Waals surface area (Å²) in [6, 6.07) is 1.24. The first kappa shape index (κ1) is 12.5. The smallest absolute Gasteiger partial charge is 0.146 e. The van der Waals surface area contributed by atoms with E-state index in [9.17, 15) is 0 Å². The molecule has 17 heavy (non-hydrogen) atoms. The number of aryl methyl sites for hydroxylation is 1. The van der Waals surface area contributed by atoms with E-state index in [4.69, 9.17) is 0 Å². The molecule has 5 nitrogen and oxygen atoms in total. The van der Waals surface area contributed by atoms with E-state index in [1.165, 1.54) is 12.8 Å². The molecule has 0 aliphatic carbocycles. The molecule has 2 heterocycles. The minimum Gasteiger partial charge on any atom is -0.320 e. The fourth-order valence-corrected chi connectivity index (χ4v) is 2.43. The van der Waals surface area contributed by atoms with Gasteiger partial charge in [-0.25, -0.2) is 0 Å². The van der Waals surface area contributed by atoms with Crippen molar-refractivity contribution in [2.45, 2.75) is 45.3 Å². The number of piperazine rings is 1. The Morgan fingerprint density at radius 2 is 2.24 bits per heavy atom. The molecule has 5 heteroatoms. The highest BCUT2D eigenvalue weighted by Gasteiger charge is 2.26. The van der Waals surface area contributed by atoms with Gasteiger partial charge in [-0.15, -0.1) is 10.2 Å². The van der Waals surface area contributed by atoms with Gasteiger partial charge in [0.1, 0.15) is 12.2 Å². The third kappa shape index (κ3) is 2.84. The lowest BCUT2D eigenvalue weighted by Gasteiger charge is -2.39. The summed E-state index contributed by atoms with van der Waals surface area (Å²) in [4.78, 5) is 2.54. The molecule has 1 N–H and O–H groups in total. The first-order chi connectivity index (χ1) is 8.24. The molecule has 0 aromatic carbocycles. The van der Waals surface area contributed by atoms with Crippen molar-refractivity contribution in [2.75, 3.05) is 13.1 Å². The first-order valence-electron chi connectivity index (χ1n) is 6.54. The first-order valence-corrected chi connectivity index (χ1v) is 6.54. The second kappa shape index (κ2) is 5.60. The lowest BCUT2D eigenvalue weighted by molar-refractivity contribution is 0.113. The molecule has 1 fully saturated rings. The van der Waals surface area contributed by atoms with Gasteiger partial charge in [0.05, 0.1) is 6.54 Å². The molecule has 0 saturated carbocycles. The van der Waals surface area contributed by atoms with E-state index in [1.807, 2.05) is 11.6 Å². The Kier molecular flexibility index (Phi) is 4.12. The van der Waals surface area contributed by atoms with E-state index in [2.05, 4.69) is 34.3 Å². The van der Waals surface area contributed by atoms with E-state index in [0.29, 0.717) is 12.1 Å². The van der Waals surface area contributed by atoms with Gasteiger partial charge in [0.25, 0.3) is 0 Å². The summed E-state index contributed by atoms with van der Waals surface area (Å²) in [5, 5.41) is 11.7. The van der Waals surface area contributed by atoms with Crippen LogP contribution in [-0.2, 0) is 13.6 Å². The minimum atomic E-state index is 0.617. The van der Waals surface area contributed by atoms with Crippen LogP contribution in [0.2, 0.25) is 0 Å². The summed E-state index contributed by atoms with van der Waals surface area (Å²) in [7, 11) is 2.01. The van der Waals surface area contributed by atoms with E-state index in [0.717, 1.165) is 25.5 Å². The molecule has 0 bridgehead atoms. The van der Waals surface area contributed by atoms with Crippen molar-refractivity contribution in [2.24, 2.45) is 7.05 Å². The summed E-state index contributed by atoms with van der Waals surface area (Å²) in [6.07, 6.45) is 4.14. The van der Waals surface area contributed by atoms with Crippen LogP contribution in [0.3, 0.4) is 0 Å². The zero-order valence-electron chi connectivity index (χ0n) is 11.1. The number of nitrogens with zero attached hydrogens (tertiary/aromatic N) is 4. The number of aromatic nitrogens is 3. The zero-order chi connectivity index (χ0) is 12.3. The Morgan fingerprint density at radius 1 is 1.41 bits per heavy atom. The van der Waals surface area contributed by atoms with Gasteiger partial charge in [0.2, 0.25) is 0 Å². The number of rotatable bonds is 4. The molecule has 2 atom stereocenters. The molecule has 1 saturated heterocycles. The monoisotopic (exact) mass is 237 g/mol. The minimum absolute atomic E-state index is 0.617. The molecule has 0 amide bonds. The molecule has 0 radical (unpaired) electrons. The molecule has 96 valence electrons. The van der Waals surface area contributed by atoms with Gasteiger partial charge < -0.3 is 9.88 Å². The van der Waals surface area contributed by atoms with Gasteiger partial charge in [-0.05, 0) is 12.8 Å². The van der Waals surface area contributed by atoms with Crippen molar-refractivity contribution in [3.05, 3.63) is 12.2 Å². The largest absolute Gasteiger partial charge is 0.320 e. The van der Waals surface area contributed by atoms with Gasteiger partial charge >= 0.3 is 0 Å². The standard InChI is InChI=1S/C12H23N5/c1-4-10-7-17(11(5-2)6-13-10)8-12-15-14-9-16(12)3/h9-11,13H,4-8H2,1-3H3. The Balaban J connectivity index is 2.03. The second-order valence-electron chi connectivity index (χ2n) is 4.86. The van der Waals surface area contributed by atoms with E-state index >= 15 is 0 Å². The molecule has 2 rings (SSSR count). The van der Waals surface area contributed by atoms with Crippen molar-refractivity contribution >= 4 is 0 Å². The van der Waals surface area contributed by atoms with Crippen molar-refractivity contribution in [3.8, 4) is 0 Å². The summed E-state index contributed by atoms with van der Waals surface area (Å²) in [5.41, 5.74) is 0. The third-order valence-electron chi connectivity index (χ3n) is 3.73. The molecule has 1 aromatic rings. The van der Waals surface area contributed by atoms with Crippen LogP contribution in [0.1, 0.15) is 32.5 Å². The fourth-order valence-electron chi connectivity index (χ4n) is 2.43. The Labute approximate surface area is 103 Å². The van der Waals surface area contributed by atoms with Crippen LogP contribution in [0.25, 0.3) is 0 Å². The van der Waals surface area contributed by atoms with E-state index in [1.54, 1.807) is 6.33 Å². The van der Waals surface area contributed by atoms with Crippen LogP contribution in [0.5, 0.6) is 0 Å². The summed E-state index contributed by atoms with van der Waals surface area (Å²) >= 11 is 0. The van der Waals surface area contributed by atoms with E-state index in [-0.39, 0.29) is 0 Å². The summed E-state index contributed by atoms with van der Waals surface area (Å²) < 4.78 is 2.01. The molecule has 2 unspecified atom stereocenters. The molecule has 1 aliphatic heterocycles. The molecule has 0 spiro atoms. The van der Waals surface area contributed by atoms with Crippen molar-refractivity contribution in [1.82, 2.24) is 25.0 Å². The third-order valence-corrected chi connectivity index (χ3v) is 3.73. The van der Waals surface area contributed by atoms with Gasteiger partial charge in [-0.2, -0.15) is 0 Å². The van der Waals surface area contributed by atoms with E-state index < -0.39 is 0 Å². The highest BCUT2D eigenvalue weighted by Crippen LogP contribution is 2.14. The highest BCUT2D eigenvalue weighted by molar-refractivity contribution is 4.91. The lowest BCUT2D eigenvalue weighted by Crippen LogP contribution is -2.55. The molecule has 1 aliphatic rings. The Bertz CT molecular complexity index is 348. The SMILES string of the molecule is CCC1CN(Cc2nncn2C)C(CC)CN1. The maximum atomic E-state index is 4.18. The highest BCUT2D eigenvalue weighted by atomic mass is 15.3. The maximum Gasteiger partial charge on any atom is 0.146 e. The van der Waals surface area contributed by atoms with Crippen molar-refractivity contribution < 1.29 is 0 Å². The van der Waals surface area contributed by atoms with Crippen molar-refractivity contribution in [1.29, 1.82) is 0 Å². The Hall–Kier alpha value is -0.940. The number of hydrogen-bond donors (Lipinski definition) is 1. The number of nitrogens with one attached hydrogen (secondary N) is 1. The van der Waals surface area contributed by atoms with Crippen molar-refractivity contribution in [3.63, 3.8) is 0 Å². The fraction of sp³-hybridized carbons (Fsp3) is 0.833. The average Bonchev–Trinajstić information content (AvgIpc) is 2.75. The molecule has 1 aromatic heterocycles. The number of hydrogen-bond acceptors (Lipinski definition) is 4.